The lowest BCUT2D eigenvalue weighted by Crippen LogP contribution is -1.91. The van der Waals surface area contributed by atoms with E-state index in [1.54, 1.807) is 13.2 Å². The molecule has 0 aliphatic carbocycles. The highest BCUT2D eigenvalue weighted by Crippen LogP contribution is 1.56. The molecule has 8 heavy (non-hydrogen) atoms. The molecule has 0 rings (SSSR count). The Balaban J connectivity index is 0. The second-order valence-electron chi connectivity index (χ2n) is 1.12. The zero-order valence-electron chi connectivity index (χ0n) is 5.55. The topological polar surface area (TPSA) is 29.5 Å². The van der Waals surface area contributed by atoms with Crippen LogP contribution in [0, 0.1) is 0 Å². The summed E-state index contributed by atoms with van der Waals surface area (Å²) in [6, 6.07) is 0. The first kappa shape index (κ1) is 10.6. The van der Waals surface area contributed by atoms with Crippen molar-refractivity contribution in [2.45, 2.75) is 6.92 Å². The van der Waals surface area contributed by atoms with Crippen LogP contribution in [-0.2, 0) is 4.74 Å². The van der Waals surface area contributed by atoms with Crippen molar-refractivity contribution < 1.29 is 9.84 Å². The Labute approximate surface area is 50.8 Å². The molecule has 0 saturated carbocycles. The molecule has 2 nitrogen and oxygen atoms in total. The summed E-state index contributed by atoms with van der Waals surface area (Å²) in [5, 5.41) is 7.94. The predicted molar refractivity (Wildman–Crippen MR) is 34.8 cm³/mol. The summed E-state index contributed by atoms with van der Waals surface area (Å²) in [4.78, 5) is 0. The van der Waals surface area contributed by atoms with Crippen molar-refractivity contribution in [2.24, 2.45) is 0 Å². The van der Waals surface area contributed by atoms with Gasteiger partial charge in [0.15, 0.2) is 0 Å². The van der Waals surface area contributed by atoms with Crippen LogP contribution in [0.3, 0.4) is 0 Å². The van der Waals surface area contributed by atoms with E-state index in [1.807, 2.05) is 6.92 Å². The Bertz CT molecular complexity index is 33.5. The zero-order valence-corrected chi connectivity index (χ0v) is 5.55. The lowest BCUT2D eigenvalue weighted by atomic mass is 10.8. The molecule has 0 amide bonds. The monoisotopic (exact) mass is 118 g/mol. The maximum Gasteiger partial charge on any atom is 0.0693 e. The smallest absolute Gasteiger partial charge is 0.0693 e. The molecule has 0 aromatic rings. The summed E-state index contributed by atoms with van der Waals surface area (Å²) >= 11 is 0. The van der Waals surface area contributed by atoms with Crippen LogP contribution in [0.5, 0.6) is 0 Å². The van der Waals surface area contributed by atoms with Crippen LogP contribution in [0.1, 0.15) is 6.92 Å². The Kier molecular flexibility index (Phi) is 21.1. The molecular weight excluding hydrogens is 104 g/mol. The number of ether oxygens (including phenoxy) is 1. The molecule has 0 bridgehead atoms. The third-order valence-corrected chi connectivity index (χ3v) is 0.295. The van der Waals surface area contributed by atoms with Gasteiger partial charge >= 0.3 is 0 Å². The summed E-state index contributed by atoms with van der Waals surface area (Å²) in [5.41, 5.74) is 0. The molecule has 2 heteroatoms. The maximum atomic E-state index is 7.94. The van der Waals surface area contributed by atoms with Crippen LogP contribution in [0.2, 0.25) is 0 Å². The lowest BCUT2D eigenvalue weighted by molar-refractivity contribution is 0.135. The highest BCUT2D eigenvalue weighted by atomic mass is 16.5. The number of hydrogen-bond donors (Lipinski definition) is 1. The minimum absolute atomic E-state index is 0.122. The molecular formula is C6H14O2. The van der Waals surface area contributed by atoms with E-state index in [4.69, 9.17) is 5.11 Å². The Morgan fingerprint density at radius 1 is 1.75 bits per heavy atom. The predicted octanol–water partition coefficient (Wildman–Crippen LogP) is 0.817. The van der Waals surface area contributed by atoms with Crippen LogP contribution in [0.4, 0.5) is 0 Å². The molecule has 0 aromatic carbocycles. The first-order valence-electron chi connectivity index (χ1n) is 2.50. The van der Waals surface area contributed by atoms with Crippen molar-refractivity contribution >= 4 is 0 Å². The van der Waals surface area contributed by atoms with E-state index >= 15 is 0 Å². The molecule has 0 radical (unpaired) electrons. The van der Waals surface area contributed by atoms with Gasteiger partial charge in [-0.2, -0.15) is 0 Å². The third-order valence-electron chi connectivity index (χ3n) is 0.295. The van der Waals surface area contributed by atoms with Crippen molar-refractivity contribution in [2.75, 3.05) is 20.3 Å². The zero-order chi connectivity index (χ0) is 6.83. The van der Waals surface area contributed by atoms with Crippen LogP contribution in [-0.4, -0.2) is 25.4 Å². The Morgan fingerprint density at radius 2 is 2.12 bits per heavy atom. The van der Waals surface area contributed by atoms with Crippen molar-refractivity contribution in [1.29, 1.82) is 0 Å². The molecule has 0 unspecified atom stereocenters. The van der Waals surface area contributed by atoms with Gasteiger partial charge in [-0.05, 0) is 6.92 Å². The molecule has 0 heterocycles. The lowest BCUT2D eigenvalue weighted by Gasteiger charge is -1.84. The average Bonchev–Trinajstić information content (AvgIpc) is 1.71. The number of methoxy groups -OCH3 is 1. The summed E-state index contributed by atoms with van der Waals surface area (Å²) in [5.74, 6) is 0. The SMILES string of the molecule is C=CC.COCCO. The third kappa shape index (κ3) is 44.6. The van der Waals surface area contributed by atoms with Gasteiger partial charge in [0.1, 0.15) is 0 Å². The first-order valence-corrected chi connectivity index (χ1v) is 2.50. The molecule has 0 fully saturated rings. The molecule has 1 N–H and O–H groups in total. The minimum atomic E-state index is 0.122. The number of aliphatic hydroxyl groups is 1. The van der Waals surface area contributed by atoms with Gasteiger partial charge in [-0.1, -0.05) is 6.08 Å². The maximum absolute atomic E-state index is 7.94. The second kappa shape index (κ2) is 15.9. The normalized spacial score (nSPS) is 6.88. The fourth-order valence-electron chi connectivity index (χ4n) is 0.0913. The van der Waals surface area contributed by atoms with Gasteiger partial charge in [-0.25, -0.2) is 0 Å². The van der Waals surface area contributed by atoms with Gasteiger partial charge in [0, 0.05) is 7.11 Å². The van der Waals surface area contributed by atoms with E-state index in [0.29, 0.717) is 6.61 Å². The minimum Gasteiger partial charge on any atom is -0.394 e. The van der Waals surface area contributed by atoms with Gasteiger partial charge in [-0.15, -0.1) is 6.58 Å². The quantitative estimate of drug-likeness (QED) is 0.544. The molecule has 0 aliphatic rings. The first-order chi connectivity index (χ1) is 3.83. The molecule has 0 aromatic heterocycles. The van der Waals surface area contributed by atoms with Gasteiger partial charge in [0.25, 0.3) is 0 Å². The van der Waals surface area contributed by atoms with Gasteiger partial charge in [-0.3, -0.25) is 0 Å². The molecule has 50 valence electrons. The number of rotatable bonds is 2. The van der Waals surface area contributed by atoms with Gasteiger partial charge in [0.05, 0.1) is 13.2 Å². The van der Waals surface area contributed by atoms with E-state index in [0.717, 1.165) is 0 Å². The molecule has 0 aliphatic heterocycles. The molecule has 0 saturated heterocycles. The highest BCUT2D eigenvalue weighted by Gasteiger charge is 1.67. The summed E-state index contributed by atoms with van der Waals surface area (Å²) in [6.45, 7) is 5.82. The van der Waals surface area contributed by atoms with E-state index in [-0.39, 0.29) is 6.61 Å². The second-order valence-corrected chi connectivity index (χ2v) is 1.12. The average molecular weight is 118 g/mol. The molecule has 0 atom stereocenters. The van der Waals surface area contributed by atoms with Crippen molar-refractivity contribution in [1.82, 2.24) is 0 Å². The number of allylic oxidation sites excluding steroid dienone is 1. The van der Waals surface area contributed by atoms with E-state index in [1.165, 1.54) is 0 Å². The van der Waals surface area contributed by atoms with Crippen LogP contribution < -0.4 is 0 Å². The summed E-state index contributed by atoms with van der Waals surface area (Å²) in [6.07, 6.45) is 1.75. The van der Waals surface area contributed by atoms with Gasteiger partial charge in [0.2, 0.25) is 0 Å². The number of hydrogen-bond acceptors (Lipinski definition) is 2. The van der Waals surface area contributed by atoms with E-state index < -0.39 is 0 Å². The number of aliphatic hydroxyl groups excluding tert-OH is 1. The summed E-state index contributed by atoms with van der Waals surface area (Å²) < 4.78 is 4.44. The van der Waals surface area contributed by atoms with Crippen LogP contribution >= 0.6 is 0 Å². The molecule has 0 spiro atoms. The fraction of sp³-hybridized carbons (Fsp3) is 0.667. The van der Waals surface area contributed by atoms with E-state index in [2.05, 4.69) is 11.3 Å². The van der Waals surface area contributed by atoms with E-state index in [9.17, 15) is 0 Å². The Hall–Kier alpha value is -0.340. The highest BCUT2D eigenvalue weighted by molar-refractivity contribution is 4.51. The van der Waals surface area contributed by atoms with Crippen LogP contribution in [0.15, 0.2) is 12.7 Å². The standard InChI is InChI=1S/C3H8O2.C3H6/c1-5-3-2-4;1-3-2/h4H,2-3H2,1H3;3H,1H2,2H3. The summed E-state index contributed by atoms with van der Waals surface area (Å²) in [7, 11) is 1.55. The van der Waals surface area contributed by atoms with Crippen molar-refractivity contribution in [3.05, 3.63) is 12.7 Å². The van der Waals surface area contributed by atoms with Crippen LogP contribution in [0.25, 0.3) is 0 Å². The fourth-order valence-corrected chi connectivity index (χ4v) is 0.0913. The Morgan fingerprint density at radius 3 is 2.12 bits per heavy atom. The van der Waals surface area contributed by atoms with Gasteiger partial charge < -0.3 is 9.84 Å². The van der Waals surface area contributed by atoms with Crippen molar-refractivity contribution in [3.8, 4) is 0 Å². The van der Waals surface area contributed by atoms with Crippen molar-refractivity contribution in [3.63, 3.8) is 0 Å². The largest absolute Gasteiger partial charge is 0.394 e.